The molecule has 2 aromatic heterocycles. The van der Waals surface area contributed by atoms with E-state index in [9.17, 15) is 26.4 Å². The highest BCUT2D eigenvalue weighted by molar-refractivity contribution is 7.90. The summed E-state index contributed by atoms with van der Waals surface area (Å²) in [7, 11) is -2.17. The third-order valence-corrected chi connectivity index (χ3v) is 5.74. The number of carbonyl (C=O) groups is 1. The molecule has 3 rings (SSSR count). The van der Waals surface area contributed by atoms with E-state index >= 15 is 0 Å². The number of ether oxygens (including phenoxy) is 2. The number of methoxy groups -OCH3 is 1. The van der Waals surface area contributed by atoms with Crippen LogP contribution in [0.15, 0.2) is 41.3 Å². The number of rotatable bonds is 6. The molecule has 1 aromatic carbocycles. The second kappa shape index (κ2) is 9.25. The number of hydrogen-bond acceptors (Lipinski definition) is 8. The largest absolute Gasteiger partial charge is 0.481 e. The summed E-state index contributed by atoms with van der Waals surface area (Å²) in [5.41, 5.74) is -2.04. The van der Waals surface area contributed by atoms with E-state index in [1.807, 2.05) is 0 Å². The number of aryl methyl sites for hydroxylation is 1. The fraction of sp³-hybridized carbons (Fsp3) is 0.238. The zero-order valence-corrected chi connectivity index (χ0v) is 19.2. The van der Waals surface area contributed by atoms with Crippen LogP contribution in [0.4, 0.5) is 18.9 Å². The van der Waals surface area contributed by atoms with Gasteiger partial charge in [0.05, 0.1) is 17.7 Å². The highest BCUT2D eigenvalue weighted by Gasteiger charge is 2.38. The lowest BCUT2D eigenvalue weighted by molar-refractivity contribution is -0.142. The van der Waals surface area contributed by atoms with Gasteiger partial charge in [-0.15, -0.1) is 10.2 Å². The Balaban J connectivity index is 2.07. The van der Waals surface area contributed by atoms with Gasteiger partial charge in [0.15, 0.2) is 21.3 Å². The Hall–Kier alpha value is -3.74. The van der Waals surface area contributed by atoms with Crippen LogP contribution in [-0.2, 0) is 16.0 Å². The van der Waals surface area contributed by atoms with Gasteiger partial charge < -0.3 is 14.8 Å². The molecular formula is C21H19F3N4O5S. The van der Waals surface area contributed by atoms with Crippen LogP contribution in [0.1, 0.15) is 27.3 Å². The van der Waals surface area contributed by atoms with Gasteiger partial charge in [0.1, 0.15) is 5.56 Å². The number of anilines is 1. The number of hydrogen-bond donors (Lipinski definition) is 1. The van der Waals surface area contributed by atoms with E-state index in [0.717, 1.165) is 13.2 Å². The third-order valence-electron chi connectivity index (χ3n) is 4.63. The smallest absolute Gasteiger partial charge is 0.435 e. The molecule has 0 saturated heterocycles. The van der Waals surface area contributed by atoms with Crippen LogP contribution in [0.2, 0.25) is 0 Å². The van der Waals surface area contributed by atoms with Crippen molar-refractivity contribution in [2.75, 3.05) is 18.7 Å². The van der Waals surface area contributed by atoms with Crippen LogP contribution in [-0.4, -0.2) is 42.9 Å². The van der Waals surface area contributed by atoms with Crippen molar-refractivity contribution in [2.45, 2.75) is 24.9 Å². The number of pyridine rings is 1. The lowest BCUT2D eigenvalue weighted by Gasteiger charge is -2.16. The molecule has 0 bridgehead atoms. The minimum atomic E-state index is -4.88. The van der Waals surface area contributed by atoms with Crippen LogP contribution < -0.4 is 14.8 Å². The maximum atomic E-state index is 13.4. The van der Waals surface area contributed by atoms with E-state index in [2.05, 4.69) is 20.5 Å². The van der Waals surface area contributed by atoms with Gasteiger partial charge in [-0.2, -0.15) is 13.2 Å². The molecule has 0 atom stereocenters. The number of nitrogens with zero attached hydrogens (tertiary/aromatic N) is 3. The summed E-state index contributed by atoms with van der Waals surface area (Å²) >= 11 is 0. The average molecular weight is 496 g/mol. The zero-order chi connectivity index (χ0) is 25.3. The van der Waals surface area contributed by atoms with Crippen LogP contribution in [0.5, 0.6) is 17.5 Å². The number of benzene rings is 1. The number of nitrogens with one attached hydrogen (secondary N) is 1. The monoisotopic (exact) mass is 496 g/mol. The van der Waals surface area contributed by atoms with Crippen LogP contribution in [0.3, 0.4) is 0 Å². The number of carbonyl (C=O) groups excluding carboxylic acids is 1. The number of amides is 1. The molecule has 0 aliphatic heterocycles. The molecule has 0 radical (unpaired) electrons. The Morgan fingerprint density at radius 1 is 1.09 bits per heavy atom. The molecule has 13 heteroatoms. The fourth-order valence-corrected chi connectivity index (χ4v) is 3.62. The summed E-state index contributed by atoms with van der Waals surface area (Å²) in [6, 6.07) is 8.18. The first kappa shape index (κ1) is 24.9. The van der Waals surface area contributed by atoms with Gasteiger partial charge in [0.2, 0.25) is 5.88 Å². The SMILES string of the molecule is COc1ccc(Oc2nnc(C(F)(F)F)c(C)c2C(=O)Nc2cccc(S(C)(=O)=O)c2)c(C)n1. The zero-order valence-electron chi connectivity index (χ0n) is 18.4. The Bertz CT molecular complexity index is 1360. The highest BCUT2D eigenvalue weighted by atomic mass is 32.2. The van der Waals surface area contributed by atoms with E-state index in [0.29, 0.717) is 5.69 Å². The molecule has 1 N–H and O–H groups in total. The van der Waals surface area contributed by atoms with Gasteiger partial charge in [-0.1, -0.05) is 6.07 Å². The Kier molecular flexibility index (Phi) is 6.77. The Morgan fingerprint density at radius 2 is 1.79 bits per heavy atom. The van der Waals surface area contributed by atoms with Crippen LogP contribution in [0.25, 0.3) is 0 Å². The number of aromatic nitrogens is 3. The molecule has 0 aliphatic carbocycles. The number of sulfone groups is 1. The fourth-order valence-electron chi connectivity index (χ4n) is 2.96. The molecule has 9 nitrogen and oxygen atoms in total. The van der Waals surface area contributed by atoms with Crippen molar-refractivity contribution in [3.05, 3.63) is 58.9 Å². The van der Waals surface area contributed by atoms with Crippen molar-refractivity contribution in [2.24, 2.45) is 0 Å². The average Bonchev–Trinajstić information content (AvgIpc) is 2.73. The quantitative estimate of drug-likeness (QED) is 0.545. The summed E-state index contributed by atoms with van der Waals surface area (Å²) < 4.78 is 74.5. The van der Waals surface area contributed by atoms with E-state index in [1.54, 1.807) is 6.92 Å². The summed E-state index contributed by atoms with van der Waals surface area (Å²) in [6.07, 6.45) is -3.89. The summed E-state index contributed by atoms with van der Waals surface area (Å²) in [6.45, 7) is 2.63. The van der Waals surface area contributed by atoms with Crippen LogP contribution in [0, 0.1) is 13.8 Å². The summed E-state index contributed by atoms with van der Waals surface area (Å²) in [4.78, 5) is 17.1. The van der Waals surface area contributed by atoms with Gasteiger partial charge in [-0.25, -0.2) is 13.4 Å². The Morgan fingerprint density at radius 3 is 2.38 bits per heavy atom. The first-order valence-corrected chi connectivity index (χ1v) is 11.5. The molecule has 34 heavy (non-hydrogen) atoms. The van der Waals surface area contributed by atoms with Crippen molar-refractivity contribution >= 4 is 21.4 Å². The molecule has 1 amide bonds. The minimum Gasteiger partial charge on any atom is -0.481 e. The van der Waals surface area contributed by atoms with Crippen molar-refractivity contribution in [3.63, 3.8) is 0 Å². The predicted octanol–water partition coefficient (Wildman–Crippen LogP) is 3.96. The van der Waals surface area contributed by atoms with Gasteiger partial charge in [0, 0.05) is 18.0 Å². The lowest BCUT2D eigenvalue weighted by atomic mass is 10.1. The molecule has 2 heterocycles. The molecule has 0 spiro atoms. The molecule has 0 aliphatic rings. The topological polar surface area (TPSA) is 120 Å². The normalized spacial score (nSPS) is 11.7. The standard InChI is InChI=1S/C21H19F3N4O5S/c1-11-17(19(29)26-13-6-5-7-14(10-13)34(4,30)31)20(28-27-18(11)21(22,23)24)33-15-8-9-16(32-3)25-12(15)2/h5-10H,1-4H3,(H,26,29). The molecule has 0 unspecified atom stereocenters. The van der Waals surface area contributed by atoms with Crippen molar-refractivity contribution in [3.8, 4) is 17.5 Å². The minimum absolute atomic E-state index is 0.0472. The van der Waals surface area contributed by atoms with E-state index in [1.165, 1.54) is 43.5 Å². The first-order chi connectivity index (χ1) is 15.8. The van der Waals surface area contributed by atoms with Crippen molar-refractivity contribution < 1.29 is 35.9 Å². The number of halogens is 3. The molecule has 0 fully saturated rings. The summed E-state index contributed by atoms with van der Waals surface area (Å²) in [5.74, 6) is -1.10. The van der Waals surface area contributed by atoms with Gasteiger partial charge >= 0.3 is 6.18 Å². The first-order valence-electron chi connectivity index (χ1n) is 9.56. The second-order valence-electron chi connectivity index (χ2n) is 7.14. The van der Waals surface area contributed by atoms with Crippen molar-refractivity contribution in [1.29, 1.82) is 0 Å². The van der Waals surface area contributed by atoms with E-state index in [4.69, 9.17) is 9.47 Å². The molecule has 3 aromatic rings. The maximum absolute atomic E-state index is 13.4. The lowest BCUT2D eigenvalue weighted by Crippen LogP contribution is -2.21. The van der Waals surface area contributed by atoms with E-state index < -0.39 is 44.6 Å². The van der Waals surface area contributed by atoms with Crippen LogP contribution >= 0.6 is 0 Å². The van der Waals surface area contributed by atoms with Gasteiger partial charge in [-0.3, -0.25) is 4.79 Å². The van der Waals surface area contributed by atoms with Gasteiger partial charge in [0.25, 0.3) is 11.8 Å². The van der Waals surface area contributed by atoms with Crippen molar-refractivity contribution in [1.82, 2.24) is 15.2 Å². The molecule has 180 valence electrons. The van der Waals surface area contributed by atoms with E-state index in [-0.39, 0.29) is 22.2 Å². The number of alkyl halides is 3. The molecule has 0 saturated carbocycles. The maximum Gasteiger partial charge on any atom is 0.435 e. The highest BCUT2D eigenvalue weighted by Crippen LogP contribution is 2.35. The summed E-state index contributed by atoms with van der Waals surface area (Å²) in [5, 5.41) is 9.09. The molecular weight excluding hydrogens is 477 g/mol. The predicted molar refractivity (Wildman–Crippen MR) is 115 cm³/mol. The third kappa shape index (κ3) is 5.42. The van der Waals surface area contributed by atoms with Gasteiger partial charge in [-0.05, 0) is 43.7 Å². The Labute approximate surface area is 192 Å². The second-order valence-corrected chi connectivity index (χ2v) is 9.16.